The molecule has 0 saturated heterocycles. The summed E-state index contributed by atoms with van der Waals surface area (Å²) >= 11 is 0. The second-order valence-electron chi connectivity index (χ2n) is 6.05. The molecule has 1 atom stereocenters. The van der Waals surface area contributed by atoms with Crippen LogP contribution in [0.1, 0.15) is 55.2 Å². The highest BCUT2D eigenvalue weighted by atomic mass is 32.2. The lowest BCUT2D eigenvalue weighted by Crippen LogP contribution is -2.25. The summed E-state index contributed by atoms with van der Waals surface area (Å²) in [6.45, 7) is 2.97. The Kier molecular flexibility index (Phi) is 4.56. The van der Waals surface area contributed by atoms with Crippen molar-refractivity contribution in [1.29, 1.82) is 0 Å². The number of fused-ring (bicyclic) bond motifs is 1. The Labute approximate surface area is 123 Å². The van der Waals surface area contributed by atoms with Crippen molar-refractivity contribution in [2.75, 3.05) is 18.6 Å². The van der Waals surface area contributed by atoms with Gasteiger partial charge in [-0.05, 0) is 19.3 Å². The van der Waals surface area contributed by atoms with Gasteiger partial charge in [-0.2, -0.15) is 0 Å². The van der Waals surface area contributed by atoms with Gasteiger partial charge in [0.2, 0.25) is 0 Å². The lowest BCUT2D eigenvalue weighted by atomic mass is 10.1. The molecular weight excluding hydrogens is 270 g/mol. The quantitative estimate of drug-likeness (QED) is 0.903. The van der Waals surface area contributed by atoms with Crippen LogP contribution in [-0.2, 0) is 30.3 Å². The number of imidazole rings is 1. The lowest BCUT2D eigenvalue weighted by Gasteiger charge is -2.17. The smallest absolute Gasteiger partial charge is 0.112 e. The number of aromatic nitrogens is 2. The van der Waals surface area contributed by atoms with Crippen molar-refractivity contribution >= 4 is 10.8 Å². The van der Waals surface area contributed by atoms with Crippen LogP contribution < -0.4 is 5.32 Å². The van der Waals surface area contributed by atoms with Gasteiger partial charge in [-0.3, -0.25) is 4.21 Å². The van der Waals surface area contributed by atoms with Crippen LogP contribution in [0.2, 0.25) is 0 Å². The van der Waals surface area contributed by atoms with Gasteiger partial charge in [-0.1, -0.05) is 12.8 Å². The average molecular weight is 295 g/mol. The van der Waals surface area contributed by atoms with E-state index < -0.39 is 10.8 Å². The first kappa shape index (κ1) is 14.3. The first-order valence-corrected chi connectivity index (χ1v) is 9.57. The third-order valence-electron chi connectivity index (χ3n) is 4.55. The van der Waals surface area contributed by atoms with Crippen LogP contribution in [0.5, 0.6) is 0 Å². The Morgan fingerprint density at radius 3 is 2.95 bits per heavy atom. The molecule has 2 aliphatic rings. The fourth-order valence-corrected chi connectivity index (χ4v) is 4.10. The number of rotatable bonds is 5. The highest BCUT2D eigenvalue weighted by Gasteiger charge is 2.26. The van der Waals surface area contributed by atoms with Crippen molar-refractivity contribution < 1.29 is 4.21 Å². The summed E-state index contributed by atoms with van der Waals surface area (Å²) in [7, 11) is -0.683. The molecular formula is C15H25N3OS. The SMILES string of the molecule is CS(=O)CCCn1c(C2CCCC2)nc2c1CCNC2. The zero-order valence-corrected chi connectivity index (χ0v) is 13.2. The minimum atomic E-state index is -0.683. The zero-order chi connectivity index (χ0) is 13.9. The minimum absolute atomic E-state index is 0.660. The van der Waals surface area contributed by atoms with Crippen molar-refractivity contribution in [2.45, 2.75) is 57.5 Å². The van der Waals surface area contributed by atoms with Gasteiger partial charge in [0.25, 0.3) is 0 Å². The van der Waals surface area contributed by atoms with Crippen LogP contribution in [0.3, 0.4) is 0 Å². The van der Waals surface area contributed by atoms with Gasteiger partial charge < -0.3 is 9.88 Å². The lowest BCUT2D eigenvalue weighted by molar-refractivity contribution is 0.546. The number of nitrogens with zero attached hydrogens (tertiary/aromatic N) is 2. The molecule has 5 heteroatoms. The molecule has 3 rings (SSSR count). The predicted molar refractivity (Wildman–Crippen MR) is 82.4 cm³/mol. The second-order valence-corrected chi connectivity index (χ2v) is 7.61. The summed E-state index contributed by atoms with van der Waals surface area (Å²) in [5.74, 6) is 2.78. The highest BCUT2D eigenvalue weighted by molar-refractivity contribution is 7.84. The van der Waals surface area contributed by atoms with Gasteiger partial charge in [0.1, 0.15) is 5.82 Å². The molecule has 0 bridgehead atoms. The maximum absolute atomic E-state index is 11.3. The normalized spacial score (nSPS) is 21.1. The molecule has 1 aliphatic heterocycles. The van der Waals surface area contributed by atoms with E-state index in [1.165, 1.54) is 42.9 Å². The molecule has 1 fully saturated rings. The molecule has 4 nitrogen and oxygen atoms in total. The average Bonchev–Trinajstić information content (AvgIpc) is 3.05. The van der Waals surface area contributed by atoms with E-state index in [2.05, 4.69) is 9.88 Å². The molecule has 1 N–H and O–H groups in total. The fraction of sp³-hybridized carbons (Fsp3) is 0.800. The Morgan fingerprint density at radius 1 is 1.40 bits per heavy atom. The maximum Gasteiger partial charge on any atom is 0.112 e. The van der Waals surface area contributed by atoms with Crippen LogP contribution in [-0.4, -0.2) is 32.3 Å². The molecule has 0 amide bonds. The van der Waals surface area contributed by atoms with Gasteiger partial charge in [0, 0.05) is 60.5 Å². The number of hydrogen-bond donors (Lipinski definition) is 1. The molecule has 20 heavy (non-hydrogen) atoms. The molecule has 1 aliphatic carbocycles. The van der Waals surface area contributed by atoms with Crippen LogP contribution in [0.25, 0.3) is 0 Å². The van der Waals surface area contributed by atoms with E-state index in [0.29, 0.717) is 5.92 Å². The van der Waals surface area contributed by atoms with E-state index in [-0.39, 0.29) is 0 Å². The minimum Gasteiger partial charge on any atom is -0.331 e. The largest absolute Gasteiger partial charge is 0.331 e. The van der Waals surface area contributed by atoms with Crippen molar-refractivity contribution in [2.24, 2.45) is 0 Å². The Hall–Kier alpha value is -0.680. The summed E-state index contributed by atoms with van der Waals surface area (Å²) in [6, 6.07) is 0. The maximum atomic E-state index is 11.3. The van der Waals surface area contributed by atoms with Crippen molar-refractivity contribution in [1.82, 2.24) is 14.9 Å². The molecule has 1 aromatic rings. The molecule has 0 aromatic carbocycles. The summed E-state index contributed by atoms with van der Waals surface area (Å²) in [5, 5.41) is 3.42. The van der Waals surface area contributed by atoms with Gasteiger partial charge in [0.05, 0.1) is 5.69 Å². The molecule has 0 radical (unpaired) electrons. The third-order valence-corrected chi connectivity index (χ3v) is 5.41. The van der Waals surface area contributed by atoms with Gasteiger partial charge >= 0.3 is 0 Å². The van der Waals surface area contributed by atoms with Crippen LogP contribution in [0.4, 0.5) is 0 Å². The first-order chi connectivity index (χ1) is 9.75. The zero-order valence-electron chi connectivity index (χ0n) is 12.4. The summed E-state index contributed by atoms with van der Waals surface area (Å²) < 4.78 is 13.7. The van der Waals surface area contributed by atoms with Crippen LogP contribution in [0, 0.1) is 0 Å². The van der Waals surface area contributed by atoms with Crippen molar-refractivity contribution in [3.05, 3.63) is 17.2 Å². The first-order valence-electron chi connectivity index (χ1n) is 7.84. The van der Waals surface area contributed by atoms with E-state index in [0.717, 1.165) is 38.2 Å². The summed E-state index contributed by atoms with van der Waals surface area (Å²) in [6.07, 6.45) is 9.17. The topological polar surface area (TPSA) is 46.9 Å². The Morgan fingerprint density at radius 2 is 2.20 bits per heavy atom. The molecule has 2 heterocycles. The predicted octanol–water partition coefficient (Wildman–Crippen LogP) is 1.95. The fourth-order valence-electron chi connectivity index (χ4n) is 3.56. The van der Waals surface area contributed by atoms with E-state index >= 15 is 0 Å². The Bertz CT molecular complexity index is 492. The second kappa shape index (κ2) is 6.39. The summed E-state index contributed by atoms with van der Waals surface area (Å²) in [4.78, 5) is 4.96. The standard InChI is InChI=1S/C15H25N3OS/c1-20(19)10-4-9-18-14-7-8-16-11-13(14)17-15(18)12-5-2-3-6-12/h12,16H,2-11H2,1H3. The van der Waals surface area contributed by atoms with E-state index in [1.54, 1.807) is 6.26 Å². The van der Waals surface area contributed by atoms with Crippen LogP contribution >= 0.6 is 0 Å². The van der Waals surface area contributed by atoms with E-state index in [4.69, 9.17) is 4.98 Å². The molecule has 112 valence electrons. The molecule has 1 saturated carbocycles. The van der Waals surface area contributed by atoms with Crippen molar-refractivity contribution in [3.63, 3.8) is 0 Å². The van der Waals surface area contributed by atoms with Gasteiger partial charge in [-0.25, -0.2) is 4.98 Å². The van der Waals surface area contributed by atoms with E-state index in [1.807, 2.05) is 0 Å². The molecule has 1 unspecified atom stereocenters. The van der Waals surface area contributed by atoms with Crippen LogP contribution in [0.15, 0.2) is 0 Å². The van der Waals surface area contributed by atoms with Gasteiger partial charge in [-0.15, -0.1) is 0 Å². The number of nitrogens with one attached hydrogen (secondary N) is 1. The summed E-state index contributed by atoms with van der Waals surface area (Å²) in [5.41, 5.74) is 2.70. The monoisotopic (exact) mass is 295 g/mol. The van der Waals surface area contributed by atoms with Crippen molar-refractivity contribution in [3.8, 4) is 0 Å². The van der Waals surface area contributed by atoms with E-state index in [9.17, 15) is 4.21 Å². The number of hydrogen-bond acceptors (Lipinski definition) is 3. The Balaban J connectivity index is 1.83. The highest BCUT2D eigenvalue weighted by Crippen LogP contribution is 2.35. The molecule has 0 spiro atoms. The van der Waals surface area contributed by atoms with Gasteiger partial charge in [0.15, 0.2) is 0 Å². The third kappa shape index (κ3) is 2.98. The molecule has 1 aromatic heterocycles.